The summed E-state index contributed by atoms with van der Waals surface area (Å²) in [6.45, 7) is 6.30. The lowest BCUT2D eigenvalue weighted by Crippen LogP contribution is -2.28. The predicted octanol–water partition coefficient (Wildman–Crippen LogP) is 5.59. The number of hydrogen-bond acceptors (Lipinski definition) is 4. The monoisotopic (exact) mass is 460 g/mol. The maximum absolute atomic E-state index is 12.8. The van der Waals surface area contributed by atoms with Crippen molar-refractivity contribution in [1.29, 1.82) is 0 Å². The lowest BCUT2D eigenvalue weighted by molar-refractivity contribution is -0.156. The van der Waals surface area contributed by atoms with E-state index in [1.54, 1.807) is 32.1 Å². The summed E-state index contributed by atoms with van der Waals surface area (Å²) < 4.78 is 54.5. The molecule has 0 aliphatic heterocycles. The van der Waals surface area contributed by atoms with Crippen LogP contribution in [0.3, 0.4) is 0 Å². The van der Waals surface area contributed by atoms with E-state index >= 15 is 0 Å². The molecule has 0 bridgehead atoms. The van der Waals surface area contributed by atoms with Crippen LogP contribution in [0.1, 0.15) is 37.5 Å². The maximum Gasteiger partial charge on any atom is 0.416 e. The number of rotatable bonds is 9. The molecule has 0 aliphatic carbocycles. The molecule has 7 heteroatoms. The van der Waals surface area contributed by atoms with Gasteiger partial charge in [0.1, 0.15) is 12.4 Å². The molecule has 176 valence electrons. The van der Waals surface area contributed by atoms with Gasteiger partial charge in [-0.2, -0.15) is 13.2 Å². The summed E-state index contributed by atoms with van der Waals surface area (Å²) in [6.07, 6.45) is -2.89. The lowest BCUT2D eigenvalue weighted by atomic mass is 10.1. The van der Waals surface area contributed by atoms with Crippen molar-refractivity contribution in [3.63, 3.8) is 0 Å². The minimum Gasteiger partial charge on any atom is -0.490 e. The Morgan fingerprint density at radius 1 is 1.09 bits per heavy atom. The second kappa shape index (κ2) is 12.7. The number of halogens is 3. The molecule has 0 aromatic heterocycles. The molecule has 0 aliphatic rings. The van der Waals surface area contributed by atoms with Gasteiger partial charge in [-0.05, 0) is 68.3 Å². The minimum absolute atomic E-state index is 0.257. The van der Waals surface area contributed by atoms with Gasteiger partial charge in [-0.3, -0.25) is 0 Å². The minimum atomic E-state index is -4.39. The molecule has 2 aromatic carbocycles. The van der Waals surface area contributed by atoms with E-state index in [0.29, 0.717) is 36.5 Å². The Labute approximate surface area is 192 Å². The molecule has 0 saturated carbocycles. The smallest absolute Gasteiger partial charge is 0.416 e. The van der Waals surface area contributed by atoms with Crippen LogP contribution >= 0.6 is 0 Å². The number of alkyl halides is 3. The Morgan fingerprint density at radius 2 is 1.82 bits per heavy atom. The molecule has 2 rings (SSSR count). The van der Waals surface area contributed by atoms with E-state index in [1.807, 2.05) is 19.1 Å². The Balaban J connectivity index is 1.91. The van der Waals surface area contributed by atoms with E-state index in [9.17, 15) is 18.0 Å². The highest BCUT2D eigenvalue weighted by Crippen LogP contribution is 2.29. The summed E-state index contributed by atoms with van der Waals surface area (Å²) in [5.74, 6) is 5.82. The van der Waals surface area contributed by atoms with Gasteiger partial charge in [0.2, 0.25) is 0 Å². The largest absolute Gasteiger partial charge is 0.490 e. The molecule has 4 nitrogen and oxygen atoms in total. The van der Waals surface area contributed by atoms with Crippen molar-refractivity contribution in [3.05, 3.63) is 76.9 Å². The van der Waals surface area contributed by atoms with Gasteiger partial charge in [-0.1, -0.05) is 30.0 Å². The fraction of sp³-hybridized carbons (Fsp3) is 0.346. The first-order valence-corrected chi connectivity index (χ1v) is 10.6. The second-order valence-electron chi connectivity index (χ2n) is 7.07. The van der Waals surface area contributed by atoms with Crippen molar-refractivity contribution in [2.45, 2.75) is 39.5 Å². The van der Waals surface area contributed by atoms with E-state index in [1.165, 1.54) is 12.1 Å². The van der Waals surface area contributed by atoms with E-state index in [0.717, 1.165) is 17.7 Å². The summed E-state index contributed by atoms with van der Waals surface area (Å²) in [5.41, 5.74) is 1.16. The van der Waals surface area contributed by atoms with Crippen molar-refractivity contribution < 1.29 is 32.2 Å². The van der Waals surface area contributed by atoms with E-state index in [2.05, 4.69) is 11.8 Å². The highest BCUT2D eigenvalue weighted by molar-refractivity contribution is 5.75. The van der Waals surface area contributed by atoms with Crippen LogP contribution in [-0.4, -0.2) is 31.9 Å². The summed E-state index contributed by atoms with van der Waals surface area (Å²) >= 11 is 0. The molecule has 0 fully saturated rings. The van der Waals surface area contributed by atoms with Crippen molar-refractivity contribution in [2.24, 2.45) is 0 Å². The van der Waals surface area contributed by atoms with Crippen molar-refractivity contribution >= 4 is 5.97 Å². The van der Waals surface area contributed by atoms with Crippen LogP contribution < -0.4 is 4.74 Å². The van der Waals surface area contributed by atoms with Crippen LogP contribution in [0.25, 0.3) is 0 Å². The van der Waals surface area contributed by atoms with Crippen LogP contribution in [-0.2, 0) is 26.9 Å². The molecular weight excluding hydrogens is 433 g/mol. The third kappa shape index (κ3) is 9.03. The summed E-state index contributed by atoms with van der Waals surface area (Å²) in [6, 6.07) is 12.2. The number of benzene rings is 2. The molecule has 0 amide bonds. The van der Waals surface area contributed by atoms with E-state index in [4.69, 9.17) is 14.2 Å². The molecule has 1 atom stereocenters. The van der Waals surface area contributed by atoms with Gasteiger partial charge in [0, 0.05) is 18.6 Å². The molecule has 0 saturated heterocycles. The zero-order valence-corrected chi connectivity index (χ0v) is 18.9. The van der Waals surface area contributed by atoms with Gasteiger partial charge in [-0.25, -0.2) is 4.79 Å². The Kier molecular flexibility index (Phi) is 10.0. The summed E-state index contributed by atoms with van der Waals surface area (Å²) in [7, 11) is 0. The number of esters is 1. The van der Waals surface area contributed by atoms with Gasteiger partial charge in [0.05, 0.1) is 12.2 Å². The van der Waals surface area contributed by atoms with E-state index < -0.39 is 17.8 Å². The zero-order valence-electron chi connectivity index (χ0n) is 18.9. The van der Waals surface area contributed by atoms with Crippen LogP contribution in [0.15, 0.2) is 60.2 Å². The van der Waals surface area contributed by atoms with Gasteiger partial charge in [0.15, 0.2) is 6.10 Å². The van der Waals surface area contributed by atoms with E-state index in [-0.39, 0.29) is 12.6 Å². The maximum atomic E-state index is 12.8. The van der Waals surface area contributed by atoms with Crippen LogP contribution in [0.4, 0.5) is 13.2 Å². The molecule has 0 heterocycles. The van der Waals surface area contributed by atoms with Gasteiger partial charge in [0.25, 0.3) is 0 Å². The third-order valence-corrected chi connectivity index (χ3v) is 4.50. The average molecular weight is 460 g/mol. The quantitative estimate of drug-likeness (QED) is 0.361. The number of hydrogen-bond donors (Lipinski definition) is 0. The Hall–Kier alpha value is -3.24. The van der Waals surface area contributed by atoms with Gasteiger partial charge in [-0.15, -0.1) is 0 Å². The molecule has 0 unspecified atom stereocenters. The summed E-state index contributed by atoms with van der Waals surface area (Å²) in [5, 5.41) is 0. The van der Waals surface area contributed by atoms with Crippen LogP contribution in [0.5, 0.6) is 5.75 Å². The molecular formula is C26H27F3O4. The number of ether oxygens (including phenoxy) is 3. The van der Waals surface area contributed by atoms with Crippen molar-refractivity contribution in [2.75, 3.05) is 19.8 Å². The van der Waals surface area contributed by atoms with Gasteiger partial charge < -0.3 is 14.2 Å². The fourth-order valence-corrected chi connectivity index (χ4v) is 2.84. The number of allylic oxidation sites excluding steroid dienone is 1. The molecule has 33 heavy (non-hydrogen) atoms. The molecule has 0 radical (unpaired) electrons. The van der Waals surface area contributed by atoms with Crippen LogP contribution in [0.2, 0.25) is 0 Å². The molecule has 2 aromatic rings. The standard InChI is InChI=1S/C26H27F3O4/c1-4-31-24(25(30)32-5-2)18-21-11-13-23(14-12-21)33-16-15-19(3)9-10-20-7-6-8-22(17-20)26(27,28)29/h6-8,11-15,17,24H,4-5,16,18H2,1-3H3/t24-/m0/s1. The van der Waals surface area contributed by atoms with Crippen molar-refractivity contribution in [1.82, 2.24) is 0 Å². The zero-order chi connectivity index (χ0) is 24.3. The molecule has 0 spiro atoms. The second-order valence-corrected chi connectivity index (χ2v) is 7.07. The van der Waals surface area contributed by atoms with Crippen molar-refractivity contribution in [3.8, 4) is 17.6 Å². The SMILES string of the molecule is CCOC(=O)[C@H](Cc1ccc(OCC=C(C)C#Cc2cccc(C(F)(F)F)c2)cc1)OCC. The lowest BCUT2D eigenvalue weighted by Gasteiger charge is -2.15. The first-order chi connectivity index (χ1) is 15.7. The normalized spacial score (nSPS) is 12.5. The predicted molar refractivity (Wildman–Crippen MR) is 120 cm³/mol. The highest BCUT2D eigenvalue weighted by Gasteiger charge is 2.30. The molecule has 0 N–H and O–H groups in total. The first kappa shape index (κ1) is 26.0. The average Bonchev–Trinajstić information content (AvgIpc) is 2.78. The number of carbonyl (C=O) groups excluding carboxylic acids is 1. The van der Waals surface area contributed by atoms with Crippen LogP contribution in [0, 0.1) is 11.8 Å². The Bertz CT molecular complexity index is 999. The fourth-order valence-electron chi connectivity index (χ4n) is 2.84. The first-order valence-electron chi connectivity index (χ1n) is 10.6. The topological polar surface area (TPSA) is 44.8 Å². The highest BCUT2D eigenvalue weighted by atomic mass is 19.4. The Morgan fingerprint density at radius 3 is 2.45 bits per heavy atom. The summed E-state index contributed by atoms with van der Waals surface area (Å²) in [4.78, 5) is 12.0. The third-order valence-electron chi connectivity index (χ3n) is 4.50. The number of carbonyl (C=O) groups is 1. The van der Waals surface area contributed by atoms with Gasteiger partial charge >= 0.3 is 12.1 Å².